The molecule has 0 amide bonds. The summed E-state index contributed by atoms with van der Waals surface area (Å²) in [6, 6.07) is 6.01. The lowest BCUT2D eigenvalue weighted by Crippen LogP contribution is -2.00. The summed E-state index contributed by atoms with van der Waals surface area (Å²) < 4.78 is 8.02. The normalized spacial score (nSPS) is 10.8. The fourth-order valence-corrected chi connectivity index (χ4v) is 2.56. The Morgan fingerprint density at radius 1 is 1.35 bits per heavy atom. The maximum atomic E-state index is 5.48. The zero-order valence-corrected chi connectivity index (χ0v) is 13.1. The summed E-state index contributed by atoms with van der Waals surface area (Å²) in [6.07, 6.45) is 5.01. The lowest BCUT2D eigenvalue weighted by molar-refractivity contribution is 0.412. The number of nitrogens with zero attached hydrogens (tertiary/aromatic N) is 3. The second kappa shape index (κ2) is 7.40. The van der Waals surface area contributed by atoms with Gasteiger partial charge in [-0.2, -0.15) is 0 Å². The molecule has 0 aliphatic rings. The SMILES string of the molecule is COc1ccc(Cn2cc(CCCCN)nn2)cc1Br. The summed E-state index contributed by atoms with van der Waals surface area (Å²) in [5.41, 5.74) is 7.65. The van der Waals surface area contributed by atoms with Gasteiger partial charge in [0.2, 0.25) is 0 Å². The Morgan fingerprint density at radius 2 is 2.20 bits per heavy atom. The van der Waals surface area contributed by atoms with Crippen LogP contribution in [0.15, 0.2) is 28.9 Å². The van der Waals surface area contributed by atoms with Crippen molar-refractivity contribution < 1.29 is 4.74 Å². The molecule has 2 N–H and O–H groups in total. The number of hydrogen-bond donors (Lipinski definition) is 1. The molecule has 0 saturated carbocycles. The third-order valence-corrected chi connectivity index (χ3v) is 3.65. The monoisotopic (exact) mass is 338 g/mol. The van der Waals surface area contributed by atoms with Crippen LogP contribution in [0.1, 0.15) is 24.1 Å². The molecule has 2 aromatic rings. The number of unbranched alkanes of at least 4 members (excludes halogenated alkanes) is 1. The number of ether oxygens (including phenoxy) is 1. The zero-order valence-electron chi connectivity index (χ0n) is 11.6. The van der Waals surface area contributed by atoms with Gasteiger partial charge in [-0.15, -0.1) is 5.10 Å². The molecule has 1 heterocycles. The van der Waals surface area contributed by atoms with Crippen LogP contribution in [0, 0.1) is 0 Å². The third kappa shape index (κ3) is 4.05. The van der Waals surface area contributed by atoms with Crippen LogP contribution in [0.25, 0.3) is 0 Å². The van der Waals surface area contributed by atoms with Gasteiger partial charge >= 0.3 is 0 Å². The molecule has 5 nitrogen and oxygen atoms in total. The van der Waals surface area contributed by atoms with Gasteiger partial charge in [0, 0.05) is 6.20 Å². The molecule has 0 saturated heterocycles. The fourth-order valence-electron chi connectivity index (χ4n) is 1.98. The van der Waals surface area contributed by atoms with Crippen molar-refractivity contribution in [3.05, 3.63) is 40.1 Å². The lowest BCUT2D eigenvalue weighted by atomic mass is 10.2. The molecule has 1 aromatic carbocycles. The lowest BCUT2D eigenvalue weighted by Gasteiger charge is -2.06. The van der Waals surface area contributed by atoms with E-state index in [1.807, 2.05) is 29.1 Å². The molecule has 0 aliphatic carbocycles. The molecule has 0 atom stereocenters. The van der Waals surface area contributed by atoms with E-state index in [2.05, 4.69) is 26.2 Å². The summed E-state index contributed by atoms with van der Waals surface area (Å²) in [5, 5.41) is 8.33. The number of methoxy groups -OCH3 is 1. The first-order valence-corrected chi connectivity index (χ1v) is 7.43. The number of aryl methyl sites for hydroxylation is 1. The van der Waals surface area contributed by atoms with Gasteiger partial charge < -0.3 is 10.5 Å². The van der Waals surface area contributed by atoms with Crippen molar-refractivity contribution >= 4 is 15.9 Å². The molecule has 1 aromatic heterocycles. The standard InChI is InChI=1S/C14H19BrN4O/c1-20-14-6-5-11(8-13(14)15)9-19-10-12(17-18-19)4-2-3-7-16/h5-6,8,10H,2-4,7,9,16H2,1H3. The maximum absolute atomic E-state index is 5.48. The second-order valence-electron chi connectivity index (χ2n) is 4.62. The number of rotatable bonds is 7. The van der Waals surface area contributed by atoms with E-state index in [1.165, 1.54) is 0 Å². The van der Waals surface area contributed by atoms with Gasteiger partial charge in [0.1, 0.15) is 5.75 Å². The van der Waals surface area contributed by atoms with Gasteiger partial charge in [-0.1, -0.05) is 11.3 Å². The number of benzene rings is 1. The highest BCUT2D eigenvalue weighted by Crippen LogP contribution is 2.25. The number of nitrogens with two attached hydrogens (primary N) is 1. The van der Waals surface area contributed by atoms with Gasteiger partial charge in [0.25, 0.3) is 0 Å². The van der Waals surface area contributed by atoms with Gasteiger partial charge in [0.05, 0.1) is 23.8 Å². The van der Waals surface area contributed by atoms with E-state index in [0.29, 0.717) is 6.54 Å². The molecule has 6 heteroatoms. The van der Waals surface area contributed by atoms with Crippen LogP contribution >= 0.6 is 15.9 Å². The van der Waals surface area contributed by atoms with E-state index >= 15 is 0 Å². The Bertz CT molecular complexity index is 556. The largest absolute Gasteiger partial charge is 0.496 e. The fraction of sp³-hybridized carbons (Fsp3) is 0.429. The van der Waals surface area contributed by atoms with E-state index in [4.69, 9.17) is 10.5 Å². The first-order chi connectivity index (χ1) is 9.72. The van der Waals surface area contributed by atoms with Crippen molar-refractivity contribution in [1.82, 2.24) is 15.0 Å². The topological polar surface area (TPSA) is 66.0 Å². The van der Waals surface area contributed by atoms with Crippen molar-refractivity contribution in [2.75, 3.05) is 13.7 Å². The van der Waals surface area contributed by atoms with Crippen LogP contribution < -0.4 is 10.5 Å². The highest BCUT2D eigenvalue weighted by molar-refractivity contribution is 9.10. The predicted molar refractivity (Wildman–Crippen MR) is 81.8 cm³/mol. The van der Waals surface area contributed by atoms with E-state index < -0.39 is 0 Å². The number of aromatic nitrogens is 3. The second-order valence-corrected chi connectivity index (χ2v) is 5.48. The van der Waals surface area contributed by atoms with E-state index in [1.54, 1.807) is 7.11 Å². The average molecular weight is 339 g/mol. The smallest absolute Gasteiger partial charge is 0.133 e. The van der Waals surface area contributed by atoms with E-state index in [-0.39, 0.29) is 0 Å². The summed E-state index contributed by atoms with van der Waals surface area (Å²) >= 11 is 3.49. The zero-order chi connectivity index (χ0) is 14.4. The predicted octanol–water partition coefficient (Wildman–Crippen LogP) is 2.38. The molecule has 0 fully saturated rings. The van der Waals surface area contributed by atoms with Crippen LogP contribution in [0.5, 0.6) is 5.75 Å². The minimum atomic E-state index is 0.701. The molecule has 0 bridgehead atoms. The highest BCUT2D eigenvalue weighted by Gasteiger charge is 2.04. The molecule has 0 unspecified atom stereocenters. The molecular weight excluding hydrogens is 320 g/mol. The highest BCUT2D eigenvalue weighted by atomic mass is 79.9. The Balaban J connectivity index is 1.97. The molecule has 0 aliphatic heterocycles. The van der Waals surface area contributed by atoms with Gasteiger partial charge in [-0.05, 0) is 59.4 Å². The van der Waals surface area contributed by atoms with Crippen molar-refractivity contribution in [3.63, 3.8) is 0 Å². The third-order valence-electron chi connectivity index (χ3n) is 3.03. The average Bonchev–Trinajstić information content (AvgIpc) is 2.87. The first kappa shape index (κ1) is 15.0. The summed E-state index contributed by atoms with van der Waals surface area (Å²) in [5.74, 6) is 0.829. The van der Waals surface area contributed by atoms with Crippen molar-refractivity contribution in [2.24, 2.45) is 5.73 Å². The molecule has 0 spiro atoms. The minimum Gasteiger partial charge on any atom is -0.496 e. The van der Waals surface area contributed by atoms with Gasteiger partial charge in [-0.25, -0.2) is 4.68 Å². The van der Waals surface area contributed by atoms with E-state index in [9.17, 15) is 0 Å². The van der Waals surface area contributed by atoms with Crippen LogP contribution in [-0.4, -0.2) is 28.6 Å². The summed E-state index contributed by atoms with van der Waals surface area (Å²) in [7, 11) is 1.66. The molecule has 0 radical (unpaired) electrons. The molecular formula is C14H19BrN4O. The molecule has 2 rings (SSSR count). The Kier molecular flexibility index (Phi) is 5.55. The summed E-state index contributed by atoms with van der Waals surface area (Å²) in [6.45, 7) is 1.43. The van der Waals surface area contributed by atoms with Crippen LogP contribution in [-0.2, 0) is 13.0 Å². The van der Waals surface area contributed by atoms with Crippen LogP contribution in [0.4, 0.5) is 0 Å². The van der Waals surface area contributed by atoms with Crippen molar-refractivity contribution in [1.29, 1.82) is 0 Å². The molecule has 108 valence electrons. The first-order valence-electron chi connectivity index (χ1n) is 6.64. The van der Waals surface area contributed by atoms with Crippen LogP contribution in [0.2, 0.25) is 0 Å². The summed E-state index contributed by atoms with van der Waals surface area (Å²) in [4.78, 5) is 0. The number of hydrogen-bond acceptors (Lipinski definition) is 4. The minimum absolute atomic E-state index is 0.701. The van der Waals surface area contributed by atoms with Crippen molar-refractivity contribution in [2.45, 2.75) is 25.8 Å². The van der Waals surface area contributed by atoms with Gasteiger partial charge in [-0.3, -0.25) is 0 Å². The van der Waals surface area contributed by atoms with Crippen molar-refractivity contribution in [3.8, 4) is 5.75 Å². The quantitative estimate of drug-likeness (QED) is 0.787. The number of halogens is 1. The Hall–Kier alpha value is -1.40. The van der Waals surface area contributed by atoms with Crippen LogP contribution in [0.3, 0.4) is 0 Å². The Morgan fingerprint density at radius 3 is 2.90 bits per heavy atom. The van der Waals surface area contributed by atoms with Gasteiger partial charge in [0.15, 0.2) is 0 Å². The van der Waals surface area contributed by atoms with E-state index in [0.717, 1.165) is 47.3 Å². The maximum Gasteiger partial charge on any atom is 0.133 e. The molecule has 20 heavy (non-hydrogen) atoms. The Labute approximate surface area is 127 Å².